The highest BCUT2D eigenvalue weighted by molar-refractivity contribution is 6.74. The molecule has 1 fully saturated rings. The summed E-state index contributed by atoms with van der Waals surface area (Å²) in [6, 6.07) is 0. The normalized spacial score (nSPS) is 26.7. The van der Waals surface area contributed by atoms with Gasteiger partial charge in [0.1, 0.15) is 6.10 Å². The average Bonchev–Trinajstić information content (AvgIpc) is 2.79. The fourth-order valence-corrected chi connectivity index (χ4v) is 5.08. The molecule has 8 heteroatoms. The van der Waals surface area contributed by atoms with Gasteiger partial charge >= 0.3 is 5.97 Å². The van der Waals surface area contributed by atoms with E-state index in [0.29, 0.717) is 6.61 Å². The Kier molecular flexibility index (Phi) is 8.76. The van der Waals surface area contributed by atoms with Crippen LogP contribution in [0.4, 0.5) is 0 Å². The molecule has 0 radical (unpaired) electrons. The minimum atomic E-state index is -2.02. The van der Waals surface area contributed by atoms with Crippen LogP contribution in [0.15, 0.2) is 0 Å². The summed E-state index contributed by atoms with van der Waals surface area (Å²) in [6.45, 7) is 24.9. The van der Waals surface area contributed by atoms with Crippen LogP contribution in [0, 0.1) is 5.92 Å². The van der Waals surface area contributed by atoms with Crippen LogP contribution in [0.2, 0.25) is 36.3 Å². The molecular formula is C21H44O6Si2. The summed E-state index contributed by atoms with van der Waals surface area (Å²) < 4.78 is 25.2. The standard InChI is InChI=1S/C21H44O6Si2/c1-15-18(27-29(10,11)21(5,6)7)16(14-25-28(8,9)20(2,3)4)26-19(15)24-13-12-17(22)23/h15-16,18-19H,12-14H2,1-11H3,(H,22,23)/t15?,16-,18?,19+/m0/s1. The van der Waals surface area contributed by atoms with Gasteiger partial charge in [0, 0.05) is 5.92 Å². The summed E-state index contributed by atoms with van der Waals surface area (Å²) in [6.07, 6.45) is -0.860. The van der Waals surface area contributed by atoms with Crippen molar-refractivity contribution in [1.29, 1.82) is 0 Å². The van der Waals surface area contributed by atoms with Gasteiger partial charge in [-0.25, -0.2) is 0 Å². The van der Waals surface area contributed by atoms with Gasteiger partial charge in [0.2, 0.25) is 0 Å². The van der Waals surface area contributed by atoms with Gasteiger partial charge < -0.3 is 23.4 Å². The van der Waals surface area contributed by atoms with Crippen molar-refractivity contribution in [2.24, 2.45) is 5.92 Å². The number of carboxylic acid groups (broad SMARTS) is 1. The lowest BCUT2D eigenvalue weighted by Crippen LogP contribution is -2.49. The van der Waals surface area contributed by atoms with E-state index >= 15 is 0 Å². The van der Waals surface area contributed by atoms with Gasteiger partial charge in [-0.2, -0.15) is 0 Å². The highest BCUT2D eigenvalue weighted by Crippen LogP contribution is 2.42. The van der Waals surface area contributed by atoms with E-state index in [4.69, 9.17) is 23.4 Å². The molecule has 1 rings (SSSR count). The molecule has 0 aromatic carbocycles. The smallest absolute Gasteiger partial charge is 0.305 e. The number of ether oxygens (including phenoxy) is 2. The summed E-state index contributed by atoms with van der Waals surface area (Å²) in [5.74, 6) is -0.867. The Labute approximate surface area is 179 Å². The maximum Gasteiger partial charge on any atom is 0.305 e. The van der Waals surface area contributed by atoms with Crippen molar-refractivity contribution in [2.75, 3.05) is 13.2 Å². The lowest BCUT2D eigenvalue weighted by Gasteiger charge is -2.41. The molecule has 172 valence electrons. The first-order valence-corrected chi connectivity index (χ1v) is 16.5. The van der Waals surface area contributed by atoms with Crippen LogP contribution in [0.25, 0.3) is 0 Å². The highest BCUT2D eigenvalue weighted by atomic mass is 28.4. The van der Waals surface area contributed by atoms with Gasteiger partial charge in [-0.1, -0.05) is 48.5 Å². The summed E-state index contributed by atoms with van der Waals surface area (Å²) in [7, 11) is -3.94. The van der Waals surface area contributed by atoms with Gasteiger partial charge in [-0.15, -0.1) is 0 Å². The number of hydrogen-bond acceptors (Lipinski definition) is 5. The molecule has 6 nitrogen and oxygen atoms in total. The lowest BCUT2D eigenvalue weighted by atomic mass is 10.0. The quantitative estimate of drug-likeness (QED) is 0.486. The topological polar surface area (TPSA) is 74.2 Å². The molecule has 0 spiro atoms. The van der Waals surface area contributed by atoms with Crippen molar-refractivity contribution in [1.82, 2.24) is 0 Å². The lowest BCUT2D eigenvalue weighted by molar-refractivity contribution is -0.160. The Morgan fingerprint density at radius 1 is 1.00 bits per heavy atom. The number of aliphatic carboxylic acids is 1. The molecule has 0 aromatic rings. The third kappa shape index (κ3) is 7.14. The summed E-state index contributed by atoms with van der Waals surface area (Å²) in [5, 5.41) is 9.09. The van der Waals surface area contributed by atoms with Crippen molar-refractivity contribution >= 4 is 22.6 Å². The Balaban J connectivity index is 2.96. The van der Waals surface area contributed by atoms with Crippen LogP contribution in [0.1, 0.15) is 54.9 Å². The monoisotopic (exact) mass is 448 g/mol. The van der Waals surface area contributed by atoms with E-state index < -0.39 is 28.9 Å². The largest absolute Gasteiger partial charge is 0.481 e. The fraction of sp³-hybridized carbons (Fsp3) is 0.952. The van der Waals surface area contributed by atoms with E-state index in [1.165, 1.54) is 0 Å². The predicted octanol–water partition coefficient (Wildman–Crippen LogP) is 5.25. The maximum atomic E-state index is 10.8. The van der Waals surface area contributed by atoms with Crippen molar-refractivity contribution in [3.05, 3.63) is 0 Å². The Morgan fingerprint density at radius 3 is 1.97 bits per heavy atom. The zero-order chi connectivity index (χ0) is 22.8. The third-order valence-corrected chi connectivity index (χ3v) is 15.8. The summed E-state index contributed by atoms with van der Waals surface area (Å²) in [4.78, 5) is 10.8. The number of hydrogen-bond donors (Lipinski definition) is 1. The van der Waals surface area contributed by atoms with Crippen molar-refractivity contribution < 1.29 is 28.2 Å². The Bertz CT molecular complexity index is 550. The average molecular weight is 449 g/mol. The third-order valence-electron chi connectivity index (χ3n) is 6.87. The van der Waals surface area contributed by atoms with Gasteiger partial charge in [-0.05, 0) is 36.3 Å². The maximum absolute atomic E-state index is 10.8. The van der Waals surface area contributed by atoms with E-state index in [1.54, 1.807) is 0 Å². The van der Waals surface area contributed by atoms with Crippen LogP contribution >= 0.6 is 0 Å². The number of rotatable bonds is 9. The van der Waals surface area contributed by atoms with Crippen LogP contribution in [-0.4, -0.2) is 59.4 Å². The minimum Gasteiger partial charge on any atom is -0.481 e. The van der Waals surface area contributed by atoms with Gasteiger partial charge in [-0.3, -0.25) is 4.79 Å². The molecule has 1 aliphatic heterocycles. The highest BCUT2D eigenvalue weighted by Gasteiger charge is 2.49. The van der Waals surface area contributed by atoms with Crippen LogP contribution < -0.4 is 0 Å². The van der Waals surface area contributed by atoms with Gasteiger partial charge in [0.25, 0.3) is 0 Å². The molecule has 1 saturated heterocycles. The molecule has 1 N–H and O–H groups in total. The fourth-order valence-electron chi connectivity index (χ4n) is 2.66. The Morgan fingerprint density at radius 2 is 1.52 bits per heavy atom. The predicted molar refractivity (Wildman–Crippen MR) is 121 cm³/mol. The van der Waals surface area contributed by atoms with Crippen LogP contribution in [0.3, 0.4) is 0 Å². The first-order valence-electron chi connectivity index (χ1n) is 10.7. The van der Waals surface area contributed by atoms with E-state index in [2.05, 4.69) is 74.7 Å². The van der Waals surface area contributed by atoms with Gasteiger partial charge in [0.05, 0.1) is 25.7 Å². The summed E-state index contributed by atoms with van der Waals surface area (Å²) in [5.41, 5.74) is 0. The molecule has 4 atom stereocenters. The van der Waals surface area contributed by atoms with Crippen molar-refractivity contribution in [3.8, 4) is 0 Å². The molecule has 1 aliphatic rings. The first-order chi connectivity index (χ1) is 12.9. The molecule has 0 saturated carbocycles. The zero-order valence-corrected chi connectivity index (χ0v) is 22.4. The molecule has 0 aliphatic carbocycles. The van der Waals surface area contributed by atoms with Crippen molar-refractivity contribution in [3.63, 3.8) is 0 Å². The van der Waals surface area contributed by atoms with E-state index in [1.807, 2.05) is 0 Å². The number of carbonyl (C=O) groups is 1. The molecule has 0 bridgehead atoms. The molecule has 0 amide bonds. The second kappa shape index (κ2) is 9.48. The van der Waals surface area contributed by atoms with Crippen molar-refractivity contribution in [2.45, 2.75) is 110 Å². The second-order valence-electron chi connectivity index (χ2n) is 11.3. The zero-order valence-electron chi connectivity index (χ0n) is 20.4. The molecule has 1 heterocycles. The SMILES string of the molecule is CC1C(O[Si](C)(C)C(C)(C)C)[C@H](CO[Si](C)(C)C(C)(C)C)O[C@H]1OCCC(=O)O. The van der Waals surface area contributed by atoms with E-state index in [0.717, 1.165) is 0 Å². The van der Waals surface area contributed by atoms with Crippen LogP contribution in [-0.2, 0) is 23.1 Å². The molecule has 2 unspecified atom stereocenters. The first kappa shape index (κ1) is 26.8. The molecule has 29 heavy (non-hydrogen) atoms. The van der Waals surface area contributed by atoms with Crippen LogP contribution in [0.5, 0.6) is 0 Å². The van der Waals surface area contributed by atoms with E-state index in [-0.39, 0.29) is 41.2 Å². The number of carboxylic acids is 1. The molecule has 0 aromatic heterocycles. The summed E-state index contributed by atoms with van der Waals surface area (Å²) >= 11 is 0. The van der Waals surface area contributed by atoms with Gasteiger partial charge in [0.15, 0.2) is 22.9 Å². The minimum absolute atomic E-state index is 0.00550. The molecular weight excluding hydrogens is 404 g/mol. The second-order valence-corrected chi connectivity index (χ2v) is 20.9. The van der Waals surface area contributed by atoms with E-state index in [9.17, 15) is 4.79 Å². The Hall–Kier alpha value is -0.256.